The van der Waals surface area contributed by atoms with Crippen LogP contribution >= 0.6 is 0 Å². The Kier molecular flexibility index (Phi) is 3.55. The molecule has 1 rings (SSSR count). The zero-order valence-corrected chi connectivity index (χ0v) is 7.83. The van der Waals surface area contributed by atoms with Crippen molar-refractivity contribution in [3.63, 3.8) is 0 Å². The Hall–Kier alpha value is -1.46. The number of likely N-dealkylation sites (tertiary alicyclic amines) is 1. The van der Waals surface area contributed by atoms with Gasteiger partial charge in [-0.15, -0.1) is 0 Å². The van der Waals surface area contributed by atoms with Crippen molar-refractivity contribution < 1.29 is 14.6 Å². The average molecular weight is 200 g/mol. The van der Waals surface area contributed by atoms with Gasteiger partial charge in [0.15, 0.2) is 0 Å². The summed E-state index contributed by atoms with van der Waals surface area (Å²) in [6, 6.07) is -0.421. The molecule has 0 radical (unpaired) electrons. The van der Waals surface area contributed by atoms with Crippen molar-refractivity contribution in [1.29, 1.82) is 0 Å². The number of azide groups is 1. The lowest BCUT2D eigenvalue weighted by molar-refractivity contribution is 0.0269. The third kappa shape index (κ3) is 2.27. The van der Waals surface area contributed by atoms with Gasteiger partial charge in [-0.3, -0.25) is 0 Å². The topological polar surface area (TPSA) is 98.5 Å². The molecule has 7 heteroatoms. The first kappa shape index (κ1) is 10.6. The predicted octanol–water partition coefficient (Wildman–Crippen LogP) is 1.06. The number of piperidine rings is 1. The monoisotopic (exact) mass is 200 g/mol. The van der Waals surface area contributed by atoms with E-state index in [2.05, 4.69) is 10.0 Å². The van der Waals surface area contributed by atoms with Crippen LogP contribution in [0.1, 0.15) is 6.42 Å². The Labute approximate surface area is 80.9 Å². The van der Waals surface area contributed by atoms with E-state index >= 15 is 0 Å². The molecule has 0 saturated carbocycles. The first-order chi connectivity index (χ1) is 6.69. The number of methoxy groups -OCH3 is 1. The van der Waals surface area contributed by atoms with Gasteiger partial charge in [0.05, 0.1) is 12.1 Å². The molecule has 7 nitrogen and oxygen atoms in total. The molecule has 78 valence electrons. The Balaban J connectivity index is 2.66. The summed E-state index contributed by atoms with van der Waals surface area (Å²) in [4.78, 5) is 14.6. The van der Waals surface area contributed by atoms with Crippen LogP contribution in [0, 0.1) is 0 Å². The summed E-state index contributed by atoms with van der Waals surface area (Å²) in [5, 5.41) is 12.3. The highest BCUT2D eigenvalue weighted by atomic mass is 16.5. The largest absolute Gasteiger partial charge is 0.465 e. The number of hydrogen-bond acceptors (Lipinski definition) is 3. The first-order valence-corrected chi connectivity index (χ1v) is 4.24. The van der Waals surface area contributed by atoms with Gasteiger partial charge in [0.1, 0.15) is 0 Å². The summed E-state index contributed by atoms with van der Waals surface area (Å²) < 4.78 is 5.10. The molecule has 1 saturated heterocycles. The molecular weight excluding hydrogens is 188 g/mol. The molecule has 0 aliphatic carbocycles. The van der Waals surface area contributed by atoms with Gasteiger partial charge >= 0.3 is 6.09 Å². The van der Waals surface area contributed by atoms with Crippen LogP contribution in [0.3, 0.4) is 0 Å². The third-order valence-electron chi connectivity index (χ3n) is 2.29. The molecule has 1 heterocycles. The number of ether oxygens (including phenoxy) is 1. The fourth-order valence-electron chi connectivity index (χ4n) is 1.54. The second-order valence-electron chi connectivity index (χ2n) is 3.06. The van der Waals surface area contributed by atoms with E-state index in [0.717, 1.165) is 0 Å². The van der Waals surface area contributed by atoms with E-state index in [1.807, 2.05) is 0 Å². The molecule has 1 aliphatic rings. The maximum absolute atomic E-state index is 10.6. The summed E-state index contributed by atoms with van der Waals surface area (Å²) in [5.41, 5.74) is 8.29. The van der Waals surface area contributed by atoms with Crippen LogP contribution < -0.4 is 0 Å². The van der Waals surface area contributed by atoms with Crippen molar-refractivity contribution in [2.45, 2.75) is 18.6 Å². The van der Waals surface area contributed by atoms with Crippen LogP contribution in [-0.2, 0) is 4.74 Å². The van der Waals surface area contributed by atoms with Crippen molar-refractivity contribution >= 4 is 6.09 Å². The molecular formula is C7H12N4O3. The summed E-state index contributed by atoms with van der Waals surface area (Å²) in [6.45, 7) is 0.628. The van der Waals surface area contributed by atoms with Crippen molar-refractivity contribution in [3.8, 4) is 0 Å². The zero-order valence-electron chi connectivity index (χ0n) is 7.83. The smallest absolute Gasteiger partial charge is 0.407 e. The van der Waals surface area contributed by atoms with Gasteiger partial charge in [-0.2, -0.15) is 0 Å². The molecule has 14 heavy (non-hydrogen) atoms. The Bertz CT molecular complexity index is 264. The van der Waals surface area contributed by atoms with Crippen LogP contribution in [0.15, 0.2) is 5.11 Å². The average Bonchev–Trinajstić information content (AvgIpc) is 2.18. The maximum atomic E-state index is 10.6. The van der Waals surface area contributed by atoms with E-state index in [1.165, 1.54) is 12.0 Å². The van der Waals surface area contributed by atoms with E-state index in [1.54, 1.807) is 0 Å². The van der Waals surface area contributed by atoms with Crippen molar-refractivity contribution in [3.05, 3.63) is 10.4 Å². The second kappa shape index (κ2) is 4.69. The highest BCUT2D eigenvalue weighted by Crippen LogP contribution is 2.16. The van der Waals surface area contributed by atoms with Crippen LogP contribution in [0.5, 0.6) is 0 Å². The summed E-state index contributed by atoms with van der Waals surface area (Å²) in [6.07, 6.45) is -0.605. The number of amides is 1. The summed E-state index contributed by atoms with van der Waals surface area (Å²) >= 11 is 0. The molecule has 0 bridgehead atoms. The Morgan fingerprint density at radius 3 is 3.00 bits per heavy atom. The van der Waals surface area contributed by atoms with E-state index < -0.39 is 12.1 Å². The van der Waals surface area contributed by atoms with Gasteiger partial charge in [0.2, 0.25) is 0 Å². The molecule has 1 fully saturated rings. The number of nitrogens with zero attached hydrogens (tertiary/aromatic N) is 4. The molecule has 0 aromatic carbocycles. The Morgan fingerprint density at radius 2 is 2.50 bits per heavy atom. The van der Waals surface area contributed by atoms with E-state index in [0.29, 0.717) is 13.0 Å². The van der Waals surface area contributed by atoms with Crippen LogP contribution in [-0.4, -0.2) is 48.4 Å². The number of carboxylic acid groups (broad SMARTS) is 1. The molecule has 1 aliphatic heterocycles. The SMILES string of the molecule is COC1CCN(C(=O)O)CC1N=[N+]=[N-]. The lowest BCUT2D eigenvalue weighted by atomic mass is 10.0. The first-order valence-electron chi connectivity index (χ1n) is 4.24. The van der Waals surface area contributed by atoms with Crippen LogP contribution in [0.4, 0.5) is 4.79 Å². The molecule has 0 aromatic heterocycles. The lowest BCUT2D eigenvalue weighted by Gasteiger charge is -2.33. The maximum Gasteiger partial charge on any atom is 0.407 e. The number of hydrogen-bond donors (Lipinski definition) is 1. The molecule has 0 aromatic rings. The van der Waals surface area contributed by atoms with Gasteiger partial charge in [-0.05, 0) is 12.0 Å². The van der Waals surface area contributed by atoms with Crippen molar-refractivity contribution in [2.75, 3.05) is 20.2 Å². The van der Waals surface area contributed by atoms with Crippen molar-refractivity contribution in [2.24, 2.45) is 5.11 Å². The fourth-order valence-corrected chi connectivity index (χ4v) is 1.54. The minimum atomic E-state index is -0.988. The van der Waals surface area contributed by atoms with Crippen molar-refractivity contribution in [1.82, 2.24) is 4.90 Å². The fraction of sp³-hybridized carbons (Fsp3) is 0.857. The van der Waals surface area contributed by atoms with Gasteiger partial charge in [-0.25, -0.2) is 4.79 Å². The van der Waals surface area contributed by atoms with E-state index in [-0.39, 0.29) is 12.6 Å². The standard InChI is InChI=1S/C7H12N4O3/c1-14-6-2-3-11(7(12)13)4-5(6)9-10-8/h5-6H,2-4H2,1H3,(H,12,13). The zero-order chi connectivity index (χ0) is 10.6. The second-order valence-corrected chi connectivity index (χ2v) is 3.06. The van der Waals surface area contributed by atoms with Gasteiger partial charge in [0.25, 0.3) is 0 Å². The number of carbonyl (C=O) groups is 1. The van der Waals surface area contributed by atoms with Gasteiger partial charge in [-0.1, -0.05) is 5.11 Å². The minimum Gasteiger partial charge on any atom is -0.465 e. The molecule has 2 atom stereocenters. The molecule has 0 spiro atoms. The Morgan fingerprint density at radius 1 is 1.79 bits per heavy atom. The minimum absolute atomic E-state index is 0.179. The molecule has 2 unspecified atom stereocenters. The summed E-state index contributed by atoms with van der Waals surface area (Å²) in [5.74, 6) is 0. The predicted molar refractivity (Wildman–Crippen MR) is 47.9 cm³/mol. The van der Waals surface area contributed by atoms with Crippen LogP contribution in [0.2, 0.25) is 0 Å². The normalized spacial score (nSPS) is 26.8. The highest BCUT2D eigenvalue weighted by Gasteiger charge is 2.30. The summed E-state index contributed by atoms with van der Waals surface area (Å²) in [7, 11) is 1.53. The third-order valence-corrected chi connectivity index (χ3v) is 2.29. The number of rotatable bonds is 2. The van der Waals surface area contributed by atoms with Crippen LogP contribution in [0.25, 0.3) is 10.4 Å². The van der Waals surface area contributed by atoms with E-state index in [4.69, 9.17) is 15.4 Å². The molecule has 1 amide bonds. The van der Waals surface area contributed by atoms with Gasteiger partial charge in [0, 0.05) is 25.1 Å². The molecule has 1 N–H and O–H groups in total. The van der Waals surface area contributed by atoms with Gasteiger partial charge < -0.3 is 14.7 Å². The quantitative estimate of drug-likeness (QED) is 0.410. The van der Waals surface area contributed by atoms with E-state index in [9.17, 15) is 4.79 Å². The lowest BCUT2D eigenvalue weighted by Crippen LogP contribution is -2.48. The highest BCUT2D eigenvalue weighted by molar-refractivity contribution is 5.65.